The molecule has 0 saturated carbocycles. The number of carbonyl (C=O) groups is 1. The minimum absolute atomic E-state index is 0.195. The van der Waals surface area contributed by atoms with Crippen LogP contribution in [0.5, 0.6) is 5.75 Å². The van der Waals surface area contributed by atoms with Crippen molar-refractivity contribution in [3.63, 3.8) is 0 Å². The first kappa shape index (κ1) is 13.4. The first-order chi connectivity index (χ1) is 10.7. The zero-order valence-electron chi connectivity index (χ0n) is 11.7. The van der Waals surface area contributed by atoms with Crippen molar-refractivity contribution >= 4 is 23.3 Å². The SMILES string of the molecule is O=C1NC2(CCOc3ccccc32)NN1c1ccc(Cl)cc1. The second-order valence-electron chi connectivity index (χ2n) is 5.35. The van der Waals surface area contributed by atoms with Gasteiger partial charge in [0.15, 0.2) is 0 Å². The summed E-state index contributed by atoms with van der Waals surface area (Å²) < 4.78 is 5.67. The van der Waals surface area contributed by atoms with Gasteiger partial charge in [-0.25, -0.2) is 9.80 Å². The molecule has 2 aliphatic heterocycles. The van der Waals surface area contributed by atoms with Gasteiger partial charge in [-0.2, -0.15) is 5.43 Å². The minimum Gasteiger partial charge on any atom is -0.493 e. The van der Waals surface area contributed by atoms with Crippen LogP contribution in [0, 0.1) is 0 Å². The van der Waals surface area contributed by atoms with Crippen molar-refractivity contribution in [3.8, 4) is 5.75 Å². The second kappa shape index (κ2) is 4.90. The van der Waals surface area contributed by atoms with Crippen LogP contribution in [0.4, 0.5) is 10.5 Å². The van der Waals surface area contributed by atoms with E-state index >= 15 is 0 Å². The summed E-state index contributed by atoms with van der Waals surface area (Å²) in [4.78, 5) is 12.4. The molecule has 1 unspecified atom stereocenters. The van der Waals surface area contributed by atoms with Crippen LogP contribution in [0.1, 0.15) is 12.0 Å². The Morgan fingerprint density at radius 3 is 2.73 bits per heavy atom. The van der Waals surface area contributed by atoms with Crippen molar-refractivity contribution in [3.05, 3.63) is 59.1 Å². The van der Waals surface area contributed by atoms with Crippen LogP contribution in [0.2, 0.25) is 5.02 Å². The molecule has 2 aromatic rings. The lowest BCUT2D eigenvalue weighted by molar-refractivity contribution is 0.182. The molecule has 2 amide bonds. The van der Waals surface area contributed by atoms with Gasteiger partial charge in [0.2, 0.25) is 0 Å². The van der Waals surface area contributed by atoms with Crippen LogP contribution in [-0.4, -0.2) is 12.6 Å². The van der Waals surface area contributed by atoms with Crippen molar-refractivity contribution in [2.24, 2.45) is 0 Å². The number of urea groups is 1. The molecule has 0 aliphatic carbocycles. The van der Waals surface area contributed by atoms with Gasteiger partial charge < -0.3 is 10.1 Å². The van der Waals surface area contributed by atoms with Crippen molar-refractivity contribution in [2.45, 2.75) is 12.1 Å². The number of benzene rings is 2. The van der Waals surface area contributed by atoms with Gasteiger partial charge in [-0.1, -0.05) is 29.8 Å². The van der Waals surface area contributed by atoms with Gasteiger partial charge in [-0.05, 0) is 30.3 Å². The van der Waals surface area contributed by atoms with Gasteiger partial charge in [-0.15, -0.1) is 0 Å². The number of halogens is 1. The summed E-state index contributed by atoms with van der Waals surface area (Å²) in [6, 6.07) is 14.7. The number of hydrogen-bond donors (Lipinski definition) is 2. The number of para-hydroxylation sites is 1. The first-order valence-electron chi connectivity index (χ1n) is 7.06. The monoisotopic (exact) mass is 315 g/mol. The number of hydrazine groups is 1. The third-order valence-corrected chi connectivity index (χ3v) is 4.24. The zero-order valence-corrected chi connectivity index (χ0v) is 12.4. The van der Waals surface area contributed by atoms with E-state index in [9.17, 15) is 4.79 Å². The van der Waals surface area contributed by atoms with Gasteiger partial charge >= 0.3 is 6.03 Å². The van der Waals surface area contributed by atoms with E-state index in [1.54, 1.807) is 24.3 Å². The maximum Gasteiger partial charge on any atom is 0.338 e. The molecule has 4 rings (SSSR count). The van der Waals surface area contributed by atoms with Crippen molar-refractivity contribution in [1.82, 2.24) is 10.7 Å². The lowest BCUT2D eigenvalue weighted by atomic mass is 9.94. The first-order valence-corrected chi connectivity index (χ1v) is 7.44. The van der Waals surface area contributed by atoms with Crippen LogP contribution >= 0.6 is 11.6 Å². The maximum atomic E-state index is 12.4. The highest BCUT2D eigenvalue weighted by Gasteiger charge is 2.47. The third-order valence-electron chi connectivity index (χ3n) is 3.99. The largest absolute Gasteiger partial charge is 0.493 e. The Balaban J connectivity index is 1.72. The van der Waals surface area contributed by atoms with Crippen LogP contribution < -0.4 is 20.5 Å². The summed E-state index contributed by atoms with van der Waals surface area (Å²) in [5.74, 6) is 0.791. The number of nitrogens with zero attached hydrogens (tertiary/aromatic N) is 1. The van der Waals surface area contributed by atoms with E-state index in [1.165, 1.54) is 5.01 Å². The number of amides is 2. The normalized spacial score (nSPS) is 23.1. The highest BCUT2D eigenvalue weighted by Crippen LogP contribution is 2.38. The molecule has 2 aliphatic rings. The Morgan fingerprint density at radius 1 is 1.14 bits per heavy atom. The average molecular weight is 316 g/mol. The van der Waals surface area contributed by atoms with E-state index < -0.39 is 5.66 Å². The summed E-state index contributed by atoms with van der Waals surface area (Å²) in [5, 5.41) is 5.20. The topological polar surface area (TPSA) is 53.6 Å². The molecule has 0 bridgehead atoms. The van der Waals surface area contributed by atoms with E-state index in [2.05, 4.69) is 10.7 Å². The maximum absolute atomic E-state index is 12.4. The Kier molecular flexibility index (Phi) is 2.99. The van der Waals surface area contributed by atoms with E-state index in [-0.39, 0.29) is 6.03 Å². The predicted molar refractivity (Wildman–Crippen MR) is 83.8 cm³/mol. The quantitative estimate of drug-likeness (QED) is 0.850. The molecule has 1 fully saturated rings. The van der Waals surface area contributed by atoms with Crippen LogP contribution in [0.15, 0.2) is 48.5 Å². The van der Waals surface area contributed by atoms with E-state index in [1.807, 2.05) is 24.3 Å². The molecule has 22 heavy (non-hydrogen) atoms. The number of hydrogen-bond acceptors (Lipinski definition) is 3. The fourth-order valence-corrected chi connectivity index (χ4v) is 3.05. The molecule has 1 spiro atoms. The molecule has 2 heterocycles. The molecule has 2 N–H and O–H groups in total. The Labute approximate surface area is 132 Å². The number of fused-ring (bicyclic) bond motifs is 2. The lowest BCUT2D eigenvalue weighted by Crippen LogP contribution is -2.51. The van der Waals surface area contributed by atoms with Gasteiger partial charge in [-0.3, -0.25) is 0 Å². The molecule has 1 saturated heterocycles. The summed E-state index contributed by atoms with van der Waals surface area (Å²) in [6.07, 6.45) is 0.653. The smallest absolute Gasteiger partial charge is 0.338 e. The van der Waals surface area contributed by atoms with Crippen LogP contribution in [0.3, 0.4) is 0 Å². The number of anilines is 1. The molecule has 2 aromatic carbocycles. The Morgan fingerprint density at radius 2 is 1.91 bits per heavy atom. The standard InChI is InChI=1S/C16H14ClN3O2/c17-11-5-7-12(8-6-11)20-15(21)18-16(19-20)9-10-22-14-4-2-1-3-13(14)16/h1-8,19H,9-10H2,(H,18,21). The molecular formula is C16H14ClN3O2. The predicted octanol–water partition coefficient (Wildman–Crippen LogP) is 3.01. The molecule has 6 heteroatoms. The fraction of sp³-hybridized carbons (Fsp3) is 0.188. The number of carbonyl (C=O) groups excluding carboxylic acids is 1. The summed E-state index contributed by atoms with van der Waals surface area (Å²) >= 11 is 5.91. The molecule has 112 valence electrons. The van der Waals surface area contributed by atoms with Gasteiger partial charge in [0.1, 0.15) is 11.4 Å². The molecule has 5 nitrogen and oxygen atoms in total. The third kappa shape index (κ3) is 2.01. The van der Waals surface area contributed by atoms with Crippen molar-refractivity contribution in [2.75, 3.05) is 11.6 Å². The zero-order chi connectivity index (χ0) is 15.2. The molecule has 0 radical (unpaired) electrons. The van der Waals surface area contributed by atoms with Crippen LogP contribution in [0.25, 0.3) is 0 Å². The van der Waals surface area contributed by atoms with Crippen LogP contribution in [-0.2, 0) is 5.66 Å². The summed E-state index contributed by atoms with van der Waals surface area (Å²) in [6.45, 7) is 0.540. The average Bonchev–Trinajstić information content (AvgIpc) is 2.86. The lowest BCUT2D eigenvalue weighted by Gasteiger charge is -2.35. The highest BCUT2D eigenvalue weighted by molar-refractivity contribution is 6.30. The van der Waals surface area contributed by atoms with Gasteiger partial charge in [0.25, 0.3) is 0 Å². The number of ether oxygens (including phenoxy) is 1. The highest BCUT2D eigenvalue weighted by atomic mass is 35.5. The van der Waals surface area contributed by atoms with Crippen molar-refractivity contribution < 1.29 is 9.53 Å². The fourth-order valence-electron chi connectivity index (χ4n) is 2.92. The van der Waals surface area contributed by atoms with E-state index in [0.29, 0.717) is 18.1 Å². The molecule has 1 atom stereocenters. The van der Waals surface area contributed by atoms with Gasteiger partial charge in [0, 0.05) is 17.0 Å². The van der Waals surface area contributed by atoms with Crippen molar-refractivity contribution in [1.29, 1.82) is 0 Å². The minimum atomic E-state index is -0.633. The second-order valence-corrected chi connectivity index (χ2v) is 5.79. The van der Waals surface area contributed by atoms with Gasteiger partial charge in [0.05, 0.1) is 12.3 Å². The summed E-state index contributed by atoms with van der Waals surface area (Å²) in [5.41, 5.74) is 4.34. The Bertz CT molecular complexity index is 734. The molecule has 0 aromatic heterocycles. The number of rotatable bonds is 1. The summed E-state index contributed by atoms with van der Waals surface area (Å²) in [7, 11) is 0. The number of nitrogens with one attached hydrogen (secondary N) is 2. The van der Waals surface area contributed by atoms with E-state index in [0.717, 1.165) is 17.0 Å². The Hall–Kier alpha value is -2.24. The van der Waals surface area contributed by atoms with E-state index in [4.69, 9.17) is 16.3 Å². The molecular weight excluding hydrogens is 302 g/mol.